The summed E-state index contributed by atoms with van der Waals surface area (Å²) in [6, 6.07) is 0. The van der Waals surface area contributed by atoms with Crippen molar-refractivity contribution in [3.05, 3.63) is 12.2 Å². The Balaban J connectivity index is 2.05. The van der Waals surface area contributed by atoms with Crippen molar-refractivity contribution < 1.29 is 9.53 Å². The Hall–Kier alpha value is -2.12. The molecule has 1 atom stereocenters. The van der Waals surface area contributed by atoms with E-state index in [4.69, 9.17) is 4.74 Å². The second-order valence-electron chi connectivity index (χ2n) is 5.74. The minimum absolute atomic E-state index is 0.0816. The van der Waals surface area contributed by atoms with Crippen molar-refractivity contribution in [3.63, 3.8) is 0 Å². The molecule has 0 saturated carbocycles. The van der Waals surface area contributed by atoms with Crippen molar-refractivity contribution in [1.82, 2.24) is 25.0 Å². The Labute approximate surface area is 143 Å². The van der Waals surface area contributed by atoms with Crippen LogP contribution in [0.1, 0.15) is 39.4 Å². The van der Waals surface area contributed by atoms with Crippen molar-refractivity contribution in [2.45, 2.75) is 46.7 Å². The van der Waals surface area contributed by atoms with Crippen LogP contribution in [0.4, 0.5) is 0 Å². The molecule has 0 spiro atoms. The molecule has 134 valence electrons. The molecule has 1 unspecified atom stereocenters. The maximum atomic E-state index is 12.0. The van der Waals surface area contributed by atoms with Crippen LogP contribution in [-0.2, 0) is 22.6 Å². The molecule has 1 saturated heterocycles. The first-order chi connectivity index (χ1) is 11.7. The third kappa shape index (κ3) is 4.69. The summed E-state index contributed by atoms with van der Waals surface area (Å²) in [5.74, 6) is 1.47. The maximum Gasteiger partial charge on any atom is 0.310 e. The van der Waals surface area contributed by atoms with Gasteiger partial charge in [0.2, 0.25) is 0 Å². The van der Waals surface area contributed by atoms with E-state index in [0.717, 1.165) is 44.3 Å². The first kappa shape index (κ1) is 18.2. The Kier molecular flexibility index (Phi) is 7.02. The molecule has 24 heavy (non-hydrogen) atoms. The fraction of sp³-hybridized carbons (Fsp3) is 0.750. The zero-order valence-corrected chi connectivity index (χ0v) is 14.9. The highest BCUT2D eigenvalue weighted by atomic mass is 16.5. The highest BCUT2D eigenvalue weighted by molar-refractivity contribution is 5.81. The predicted octanol–water partition coefficient (Wildman–Crippen LogP) is 1.04. The predicted molar refractivity (Wildman–Crippen MR) is 91.4 cm³/mol. The molecule has 1 aliphatic heterocycles. The first-order valence-electron chi connectivity index (χ1n) is 8.76. The van der Waals surface area contributed by atoms with Crippen molar-refractivity contribution >= 4 is 11.9 Å². The summed E-state index contributed by atoms with van der Waals surface area (Å²) >= 11 is 0. The van der Waals surface area contributed by atoms with Crippen LogP contribution in [0.5, 0.6) is 0 Å². The van der Waals surface area contributed by atoms with Gasteiger partial charge < -0.3 is 19.5 Å². The van der Waals surface area contributed by atoms with Crippen molar-refractivity contribution in [2.24, 2.45) is 10.9 Å². The molecule has 1 aliphatic rings. The van der Waals surface area contributed by atoms with Gasteiger partial charge in [-0.2, -0.15) is 0 Å². The number of hydrogen-bond acceptors (Lipinski definition) is 5. The Morgan fingerprint density at radius 1 is 1.46 bits per heavy atom. The lowest BCUT2D eigenvalue weighted by molar-refractivity contribution is -0.149. The van der Waals surface area contributed by atoms with Gasteiger partial charge in [-0.25, -0.2) is 4.99 Å². The number of rotatable bonds is 6. The summed E-state index contributed by atoms with van der Waals surface area (Å²) in [6.45, 7) is 9.96. The molecule has 8 nitrogen and oxygen atoms in total. The molecule has 0 radical (unpaired) electrons. The molecule has 0 amide bonds. The van der Waals surface area contributed by atoms with Crippen LogP contribution in [0.25, 0.3) is 0 Å². The van der Waals surface area contributed by atoms with Crippen LogP contribution in [0.15, 0.2) is 11.3 Å². The second kappa shape index (κ2) is 9.24. The number of aliphatic imine (C=N–C) groups is 1. The third-order valence-electron chi connectivity index (χ3n) is 4.08. The summed E-state index contributed by atoms with van der Waals surface area (Å²) in [6.07, 6.45) is 3.55. The van der Waals surface area contributed by atoms with Gasteiger partial charge in [0.1, 0.15) is 12.9 Å². The van der Waals surface area contributed by atoms with Gasteiger partial charge in [0.05, 0.1) is 12.5 Å². The molecule has 1 fully saturated rings. The van der Waals surface area contributed by atoms with E-state index in [0.29, 0.717) is 19.7 Å². The zero-order chi connectivity index (χ0) is 17.4. The van der Waals surface area contributed by atoms with Gasteiger partial charge in [-0.05, 0) is 33.6 Å². The minimum atomic E-state index is -0.108. The molecule has 1 N–H and O–H groups in total. The van der Waals surface area contributed by atoms with Crippen molar-refractivity contribution in [2.75, 3.05) is 26.2 Å². The van der Waals surface area contributed by atoms with Gasteiger partial charge >= 0.3 is 5.97 Å². The van der Waals surface area contributed by atoms with E-state index in [1.807, 2.05) is 18.4 Å². The number of nitrogens with zero attached hydrogens (tertiary/aromatic N) is 5. The lowest BCUT2D eigenvalue weighted by atomic mass is 9.98. The number of piperidine rings is 1. The average Bonchev–Trinajstić information content (AvgIpc) is 3.06. The van der Waals surface area contributed by atoms with Gasteiger partial charge in [-0.15, -0.1) is 10.2 Å². The molecule has 2 rings (SSSR count). The first-order valence-corrected chi connectivity index (χ1v) is 8.76. The molecule has 1 aromatic heterocycles. The van der Waals surface area contributed by atoms with Gasteiger partial charge in [0.15, 0.2) is 11.8 Å². The number of ether oxygens (including phenoxy) is 1. The lowest BCUT2D eigenvalue weighted by Gasteiger charge is -2.34. The molecular formula is C16H28N6O2. The smallest absolute Gasteiger partial charge is 0.310 e. The Bertz CT molecular complexity index is 557. The maximum absolute atomic E-state index is 12.0. The molecule has 0 aromatic carbocycles. The SMILES string of the molecule is CCNC(=NCc1nncn1CC)N1CCCC(C(=O)OCC)C1. The normalized spacial score (nSPS) is 18.5. The lowest BCUT2D eigenvalue weighted by Crippen LogP contribution is -2.48. The zero-order valence-electron chi connectivity index (χ0n) is 14.9. The molecular weight excluding hydrogens is 308 g/mol. The largest absolute Gasteiger partial charge is 0.466 e. The number of aryl methyl sites for hydroxylation is 1. The van der Waals surface area contributed by atoms with Crippen LogP contribution in [0, 0.1) is 5.92 Å². The molecule has 1 aromatic rings. The van der Waals surface area contributed by atoms with Gasteiger partial charge in [-0.3, -0.25) is 4.79 Å². The molecule has 8 heteroatoms. The van der Waals surface area contributed by atoms with E-state index in [9.17, 15) is 4.79 Å². The van der Waals surface area contributed by atoms with Crippen LogP contribution in [0.2, 0.25) is 0 Å². The van der Waals surface area contributed by atoms with Crippen LogP contribution >= 0.6 is 0 Å². The summed E-state index contributed by atoms with van der Waals surface area (Å²) in [4.78, 5) is 18.8. The molecule has 2 heterocycles. The van der Waals surface area contributed by atoms with Crippen LogP contribution in [0.3, 0.4) is 0 Å². The van der Waals surface area contributed by atoms with Crippen molar-refractivity contribution in [3.8, 4) is 0 Å². The number of esters is 1. The molecule has 0 bridgehead atoms. The summed E-state index contributed by atoms with van der Waals surface area (Å²) in [5.41, 5.74) is 0. The number of carbonyl (C=O) groups excluding carboxylic acids is 1. The van der Waals surface area contributed by atoms with Crippen LogP contribution < -0.4 is 5.32 Å². The second-order valence-corrected chi connectivity index (χ2v) is 5.74. The highest BCUT2D eigenvalue weighted by Crippen LogP contribution is 2.18. The number of hydrogen-bond donors (Lipinski definition) is 1. The summed E-state index contributed by atoms with van der Waals surface area (Å²) in [7, 11) is 0. The van der Waals surface area contributed by atoms with Gasteiger partial charge in [-0.1, -0.05) is 0 Å². The van der Waals surface area contributed by atoms with Gasteiger partial charge in [0.25, 0.3) is 0 Å². The van der Waals surface area contributed by atoms with E-state index < -0.39 is 0 Å². The monoisotopic (exact) mass is 336 g/mol. The van der Waals surface area contributed by atoms with Gasteiger partial charge in [0, 0.05) is 26.2 Å². The Morgan fingerprint density at radius 2 is 2.29 bits per heavy atom. The average molecular weight is 336 g/mol. The number of likely N-dealkylation sites (tertiary alicyclic amines) is 1. The highest BCUT2D eigenvalue weighted by Gasteiger charge is 2.28. The third-order valence-corrected chi connectivity index (χ3v) is 4.08. The van der Waals surface area contributed by atoms with Crippen LogP contribution in [-0.4, -0.2) is 57.8 Å². The van der Waals surface area contributed by atoms with E-state index in [1.54, 1.807) is 6.33 Å². The summed E-state index contributed by atoms with van der Waals surface area (Å²) < 4.78 is 7.15. The number of guanidine groups is 1. The van der Waals surface area contributed by atoms with Crippen molar-refractivity contribution in [1.29, 1.82) is 0 Å². The number of nitrogens with one attached hydrogen (secondary N) is 1. The number of carbonyl (C=O) groups is 1. The van der Waals surface area contributed by atoms with E-state index in [-0.39, 0.29) is 11.9 Å². The standard InChI is InChI=1S/C16H28N6O2/c1-4-17-16(18-10-14-20-19-12-21(14)5-2)22-9-7-8-13(11-22)15(23)24-6-3/h12-13H,4-11H2,1-3H3,(H,17,18). The Morgan fingerprint density at radius 3 is 3.00 bits per heavy atom. The van der Waals surface area contributed by atoms with E-state index in [1.165, 1.54) is 0 Å². The topological polar surface area (TPSA) is 84.6 Å². The molecule has 0 aliphatic carbocycles. The van der Waals surface area contributed by atoms with E-state index >= 15 is 0 Å². The minimum Gasteiger partial charge on any atom is -0.466 e. The number of aromatic nitrogens is 3. The fourth-order valence-corrected chi connectivity index (χ4v) is 2.86. The summed E-state index contributed by atoms with van der Waals surface area (Å²) in [5, 5.41) is 11.4. The quantitative estimate of drug-likeness (QED) is 0.475. The van der Waals surface area contributed by atoms with E-state index in [2.05, 4.69) is 32.3 Å². The fourth-order valence-electron chi connectivity index (χ4n) is 2.86.